The Morgan fingerprint density at radius 2 is 1.91 bits per heavy atom. The van der Waals surface area contributed by atoms with Crippen molar-refractivity contribution in [2.45, 2.75) is 45.8 Å². The van der Waals surface area contributed by atoms with Gasteiger partial charge in [-0.15, -0.1) is 0 Å². The van der Waals surface area contributed by atoms with Gasteiger partial charge in [0.2, 0.25) is 5.91 Å². The number of hydrogen-bond acceptors (Lipinski definition) is 8. The third kappa shape index (κ3) is 4.93. The van der Waals surface area contributed by atoms with Gasteiger partial charge in [-0.3, -0.25) is 9.69 Å². The summed E-state index contributed by atoms with van der Waals surface area (Å²) >= 11 is 0. The molecule has 10 heteroatoms. The van der Waals surface area contributed by atoms with E-state index < -0.39 is 0 Å². The molecule has 10 nitrogen and oxygen atoms in total. The van der Waals surface area contributed by atoms with Crippen LogP contribution in [0.15, 0.2) is 53.7 Å². The van der Waals surface area contributed by atoms with Crippen LogP contribution in [0.1, 0.15) is 38.1 Å². The zero-order valence-corrected chi connectivity index (χ0v) is 25.7. The van der Waals surface area contributed by atoms with Crippen molar-refractivity contribution in [3.05, 3.63) is 59.9 Å². The first-order valence-corrected chi connectivity index (χ1v) is 15.2. The van der Waals surface area contributed by atoms with Crippen molar-refractivity contribution in [1.82, 2.24) is 25.2 Å². The van der Waals surface area contributed by atoms with Crippen LogP contribution in [0.5, 0.6) is 5.75 Å². The minimum Gasteiger partial charge on any atom is -0.496 e. The van der Waals surface area contributed by atoms with Crippen molar-refractivity contribution in [2.24, 2.45) is 5.16 Å². The highest BCUT2D eigenvalue weighted by atomic mass is 16.6. The summed E-state index contributed by atoms with van der Waals surface area (Å²) in [5, 5.41) is 14.7. The number of methoxy groups -OCH3 is 1. The number of nitrogens with zero attached hydrogens (tertiary/aromatic N) is 4. The van der Waals surface area contributed by atoms with Gasteiger partial charge < -0.3 is 25.2 Å². The minimum absolute atomic E-state index is 0.00488. The predicted octanol–water partition coefficient (Wildman–Crippen LogP) is 5.36. The number of carbonyl (C=O) groups is 1. The van der Waals surface area contributed by atoms with Crippen LogP contribution in [0.3, 0.4) is 0 Å². The third-order valence-corrected chi connectivity index (χ3v) is 8.80. The Balaban J connectivity index is 1.33. The molecule has 3 atom stereocenters. The van der Waals surface area contributed by atoms with Crippen LogP contribution in [-0.2, 0) is 9.63 Å². The number of aromatic amines is 1. The molecule has 0 spiro atoms. The first-order chi connectivity index (χ1) is 21.3. The summed E-state index contributed by atoms with van der Waals surface area (Å²) in [6.07, 6.45) is -0.0888. The number of carbonyl (C=O) groups excluding carboxylic acids is 1. The summed E-state index contributed by atoms with van der Waals surface area (Å²) in [6.45, 7) is 11.0. The topological polar surface area (TPSA) is 117 Å². The van der Waals surface area contributed by atoms with Crippen LogP contribution in [0.25, 0.3) is 44.0 Å². The molecule has 0 bridgehead atoms. The minimum atomic E-state index is -0.0888. The fourth-order valence-electron chi connectivity index (χ4n) is 6.83. The molecule has 5 aromatic rings. The SMILES string of the molecule is COc1cc2c(cc1C1C(C)=NOC1C)[nH]c1nc(C)nc(-c3ccc(NC(=O)CN4CCN[C@H](C)C4)c4ccccc34)c12. The Morgan fingerprint density at radius 1 is 1.09 bits per heavy atom. The second-order valence-electron chi connectivity index (χ2n) is 12.0. The van der Waals surface area contributed by atoms with Crippen LogP contribution >= 0.6 is 0 Å². The van der Waals surface area contributed by atoms with Crippen molar-refractivity contribution in [1.29, 1.82) is 0 Å². The lowest BCUT2D eigenvalue weighted by Gasteiger charge is -2.31. The molecule has 226 valence electrons. The molecule has 0 aliphatic carbocycles. The van der Waals surface area contributed by atoms with E-state index in [1.165, 1.54) is 0 Å². The van der Waals surface area contributed by atoms with Gasteiger partial charge in [-0.05, 0) is 51.3 Å². The Hall–Kier alpha value is -4.54. The van der Waals surface area contributed by atoms with Crippen molar-refractivity contribution >= 4 is 50.0 Å². The second kappa shape index (κ2) is 11.2. The number of ether oxygens (including phenoxy) is 1. The van der Waals surface area contributed by atoms with E-state index in [0.717, 1.165) is 86.3 Å². The van der Waals surface area contributed by atoms with Gasteiger partial charge in [0.25, 0.3) is 0 Å². The highest BCUT2D eigenvalue weighted by molar-refractivity contribution is 6.17. The van der Waals surface area contributed by atoms with Crippen molar-refractivity contribution in [3.63, 3.8) is 0 Å². The van der Waals surface area contributed by atoms with E-state index in [9.17, 15) is 4.79 Å². The normalized spacial score (nSPS) is 20.7. The lowest BCUT2D eigenvalue weighted by Crippen LogP contribution is -2.51. The molecule has 7 rings (SSSR count). The van der Waals surface area contributed by atoms with Gasteiger partial charge in [0, 0.05) is 58.8 Å². The maximum atomic E-state index is 13.1. The van der Waals surface area contributed by atoms with Crippen LogP contribution in [-0.4, -0.2) is 76.9 Å². The molecular weight excluding hydrogens is 554 g/mol. The number of fused-ring (bicyclic) bond motifs is 4. The first-order valence-electron chi connectivity index (χ1n) is 15.2. The molecule has 1 saturated heterocycles. The van der Waals surface area contributed by atoms with Crippen LogP contribution in [0.4, 0.5) is 5.69 Å². The van der Waals surface area contributed by atoms with E-state index in [1.807, 2.05) is 51.1 Å². The fourth-order valence-corrected chi connectivity index (χ4v) is 6.83. The standard InChI is InChI=1S/C34H37N7O3/c1-18-16-41(13-12-35-18)17-30(42)38-27-11-10-24(22-8-6-7-9-23(22)27)33-32-25-15-29(43-5)26(31-19(2)40-44-20(31)3)14-28(25)39-34(32)37-21(4)36-33/h6-11,14-15,18,20,31,35H,12-13,16-17H2,1-5H3,(H,38,42)(H,36,37,39)/t18-,20?,31?/m1/s1. The highest BCUT2D eigenvalue weighted by Gasteiger charge is 2.33. The molecule has 3 aromatic carbocycles. The number of anilines is 1. The summed E-state index contributed by atoms with van der Waals surface area (Å²) in [6, 6.07) is 16.7. The largest absolute Gasteiger partial charge is 0.496 e. The van der Waals surface area contributed by atoms with Crippen LogP contribution in [0, 0.1) is 6.92 Å². The smallest absolute Gasteiger partial charge is 0.238 e. The van der Waals surface area contributed by atoms with Crippen LogP contribution < -0.4 is 15.4 Å². The molecule has 0 saturated carbocycles. The van der Waals surface area contributed by atoms with Gasteiger partial charge in [-0.1, -0.05) is 35.5 Å². The molecule has 1 fully saturated rings. The summed E-state index contributed by atoms with van der Waals surface area (Å²) in [5.41, 5.74) is 6.22. The zero-order chi connectivity index (χ0) is 30.5. The van der Waals surface area contributed by atoms with Gasteiger partial charge in [-0.2, -0.15) is 0 Å². The second-order valence-corrected chi connectivity index (χ2v) is 12.0. The number of amides is 1. The van der Waals surface area contributed by atoms with Gasteiger partial charge >= 0.3 is 0 Å². The summed E-state index contributed by atoms with van der Waals surface area (Å²) in [4.78, 5) is 34.2. The number of aromatic nitrogens is 3. The zero-order valence-electron chi connectivity index (χ0n) is 25.7. The molecule has 1 amide bonds. The number of nitrogens with one attached hydrogen (secondary N) is 3. The van der Waals surface area contributed by atoms with E-state index in [4.69, 9.17) is 19.5 Å². The maximum Gasteiger partial charge on any atom is 0.238 e. The number of rotatable bonds is 6. The van der Waals surface area contributed by atoms with E-state index in [0.29, 0.717) is 18.4 Å². The van der Waals surface area contributed by atoms with Crippen molar-refractivity contribution in [3.8, 4) is 17.0 Å². The third-order valence-electron chi connectivity index (χ3n) is 8.80. The number of piperazine rings is 1. The van der Waals surface area contributed by atoms with E-state index in [1.54, 1.807) is 7.11 Å². The van der Waals surface area contributed by atoms with Crippen molar-refractivity contribution < 1.29 is 14.4 Å². The molecule has 2 unspecified atom stereocenters. The molecule has 2 aliphatic rings. The number of oxime groups is 1. The maximum absolute atomic E-state index is 13.1. The molecule has 4 heterocycles. The quantitative estimate of drug-likeness (QED) is 0.243. The van der Waals surface area contributed by atoms with E-state index >= 15 is 0 Å². The predicted molar refractivity (Wildman–Crippen MR) is 175 cm³/mol. The molecule has 2 aliphatic heterocycles. The van der Waals surface area contributed by atoms with E-state index in [2.05, 4.69) is 50.8 Å². The van der Waals surface area contributed by atoms with Crippen molar-refractivity contribution in [2.75, 3.05) is 38.6 Å². The number of aryl methyl sites for hydroxylation is 1. The fraction of sp³-hybridized carbons (Fsp3) is 0.353. The highest BCUT2D eigenvalue weighted by Crippen LogP contribution is 2.42. The number of H-pyrrole nitrogens is 1. The average Bonchev–Trinajstić information content (AvgIpc) is 3.53. The molecule has 0 radical (unpaired) electrons. The Kier molecular flexibility index (Phi) is 7.18. The summed E-state index contributed by atoms with van der Waals surface area (Å²) < 4.78 is 5.92. The number of hydrogen-bond donors (Lipinski definition) is 3. The van der Waals surface area contributed by atoms with Crippen LogP contribution in [0.2, 0.25) is 0 Å². The Labute approximate surface area is 255 Å². The molecule has 3 N–H and O–H groups in total. The summed E-state index contributed by atoms with van der Waals surface area (Å²) in [7, 11) is 1.69. The van der Waals surface area contributed by atoms with Gasteiger partial charge in [-0.25, -0.2) is 9.97 Å². The monoisotopic (exact) mass is 591 g/mol. The Bertz CT molecular complexity index is 1950. The van der Waals surface area contributed by atoms with Gasteiger partial charge in [0.05, 0.1) is 36.4 Å². The first kappa shape index (κ1) is 28.2. The average molecular weight is 592 g/mol. The van der Waals surface area contributed by atoms with Gasteiger partial charge in [0.15, 0.2) is 0 Å². The molecular formula is C34H37N7O3. The lowest BCUT2D eigenvalue weighted by atomic mass is 9.89. The number of benzene rings is 3. The summed E-state index contributed by atoms with van der Waals surface area (Å²) in [5.74, 6) is 1.41. The lowest BCUT2D eigenvalue weighted by molar-refractivity contribution is -0.117. The van der Waals surface area contributed by atoms with E-state index in [-0.39, 0.29) is 17.9 Å². The molecule has 44 heavy (non-hydrogen) atoms. The molecule has 2 aromatic heterocycles. The van der Waals surface area contributed by atoms with Gasteiger partial charge in [0.1, 0.15) is 23.3 Å². The Morgan fingerprint density at radius 3 is 2.66 bits per heavy atom.